The van der Waals surface area contributed by atoms with Crippen LogP contribution in [0.15, 0.2) is 18.2 Å². The molecule has 0 saturated heterocycles. The van der Waals surface area contributed by atoms with Crippen LogP contribution in [0.4, 0.5) is 5.13 Å². The highest BCUT2D eigenvalue weighted by molar-refractivity contribution is 7.22. The van der Waals surface area contributed by atoms with Gasteiger partial charge in [-0.1, -0.05) is 17.4 Å². The average molecular weight is 180 g/mol. The van der Waals surface area contributed by atoms with Crippen LogP contribution in [0, 0.1) is 0 Å². The summed E-state index contributed by atoms with van der Waals surface area (Å²) in [5, 5.41) is 9.43. The Morgan fingerprint density at radius 2 is 2.33 bits per heavy atom. The number of hydrogen-bond acceptors (Lipinski definition) is 4. The van der Waals surface area contributed by atoms with Gasteiger partial charge in [-0.15, -0.1) is 0 Å². The van der Waals surface area contributed by atoms with E-state index in [2.05, 4.69) is 4.98 Å². The number of thiazole rings is 1. The number of nitrogens with zero attached hydrogens (tertiary/aromatic N) is 1. The molecule has 0 saturated carbocycles. The lowest BCUT2D eigenvalue weighted by molar-refractivity contribution is 0.282. The van der Waals surface area contributed by atoms with Crippen molar-refractivity contribution < 1.29 is 5.11 Å². The second-order valence-electron chi connectivity index (χ2n) is 2.51. The lowest BCUT2D eigenvalue weighted by Crippen LogP contribution is -1.81. The van der Waals surface area contributed by atoms with Gasteiger partial charge in [0.05, 0.1) is 16.8 Å². The van der Waals surface area contributed by atoms with E-state index in [9.17, 15) is 0 Å². The quantitative estimate of drug-likeness (QED) is 0.696. The molecule has 0 unspecified atom stereocenters. The Morgan fingerprint density at radius 1 is 1.50 bits per heavy atom. The van der Waals surface area contributed by atoms with E-state index < -0.39 is 0 Å². The number of benzene rings is 1. The molecule has 0 atom stereocenters. The number of rotatable bonds is 1. The highest BCUT2D eigenvalue weighted by Crippen LogP contribution is 2.24. The predicted octanol–water partition coefficient (Wildman–Crippen LogP) is 1.37. The van der Waals surface area contributed by atoms with Gasteiger partial charge in [-0.05, 0) is 17.7 Å². The van der Waals surface area contributed by atoms with Crippen LogP contribution in [0.25, 0.3) is 10.2 Å². The average Bonchev–Trinajstić information content (AvgIpc) is 2.43. The molecule has 3 N–H and O–H groups in total. The largest absolute Gasteiger partial charge is 0.392 e. The van der Waals surface area contributed by atoms with Crippen LogP contribution in [-0.2, 0) is 6.61 Å². The number of aromatic nitrogens is 1. The van der Waals surface area contributed by atoms with Crippen molar-refractivity contribution in [3.05, 3.63) is 23.8 Å². The van der Waals surface area contributed by atoms with Crippen LogP contribution in [0.3, 0.4) is 0 Å². The molecule has 1 aromatic heterocycles. The summed E-state index contributed by atoms with van der Waals surface area (Å²) in [4.78, 5) is 4.10. The van der Waals surface area contributed by atoms with E-state index in [0.717, 1.165) is 15.8 Å². The Labute approximate surface area is 73.5 Å². The van der Waals surface area contributed by atoms with Gasteiger partial charge in [-0.3, -0.25) is 0 Å². The number of aliphatic hydroxyl groups is 1. The summed E-state index contributed by atoms with van der Waals surface area (Å²) >= 11 is 1.44. The maximum Gasteiger partial charge on any atom is 0.181 e. The standard InChI is InChI=1S/C8H8N2OS/c9-8-10-6-2-1-5(4-11)3-7(6)12-8/h1-3,11H,4H2,(H2,9,10). The Kier molecular flexibility index (Phi) is 1.71. The first-order valence-corrected chi connectivity index (χ1v) is 4.37. The summed E-state index contributed by atoms with van der Waals surface area (Å²) in [5.74, 6) is 0. The molecule has 4 heteroatoms. The molecule has 0 radical (unpaired) electrons. The lowest BCUT2D eigenvalue weighted by Gasteiger charge is -1.92. The van der Waals surface area contributed by atoms with Gasteiger partial charge < -0.3 is 10.8 Å². The molecule has 0 bridgehead atoms. The highest BCUT2D eigenvalue weighted by atomic mass is 32.1. The molecule has 0 spiro atoms. The smallest absolute Gasteiger partial charge is 0.181 e. The Hall–Kier alpha value is -1.13. The molecule has 1 aromatic carbocycles. The molecule has 0 amide bonds. The lowest BCUT2D eigenvalue weighted by atomic mass is 10.2. The van der Waals surface area contributed by atoms with Crippen LogP contribution < -0.4 is 5.73 Å². The van der Waals surface area contributed by atoms with Gasteiger partial charge in [-0.2, -0.15) is 0 Å². The Balaban J connectivity index is 2.66. The summed E-state index contributed by atoms with van der Waals surface area (Å²) in [6.07, 6.45) is 0. The molecule has 0 aliphatic carbocycles. The predicted molar refractivity (Wildman–Crippen MR) is 50.0 cm³/mol. The molecule has 0 aliphatic heterocycles. The van der Waals surface area contributed by atoms with Gasteiger partial charge >= 0.3 is 0 Å². The molecular weight excluding hydrogens is 172 g/mol. The van der Waals surface area contributed by atoms with E-state index in [1.807, 2.05) is 18.2 Å². The third-order valence-corrected chi connectivity index (χ3v) is 2.50. The van der Waals surface area contributed by atoms with Crippen molar-refractivity contribution >= 4 is 26.7 Å². The van der Waals surface area contributed by atoms with Crippen LogP contribution in [0.5, 0.6) is 0 Å². The van der Waals surface area contributed by atoms with Gasteiger partial charge in [0.25, 0.3) is 0 Å². The number of hydrogen-bond donors (Lipinski definition) is 2. The number of anilines is 1. The summed E-state index contributed by atoms with van der Waals surface area (Å²) in [5.41, 5.74) is 7.32. The van der Waals surface area contributed by atoms with Crippen molar-refractivity contribution in [2.24, 2.45) is 0 Å². The van der Waals surface area contributed by atoms with Gasteiger partial charge in [0.2, 0.25) is 0 Å². The summed E-state index contributed by atoms with van der Waals surface area (Å²) in [6.45, 7) is 0.0632. The van der Waals surface area contributed by atoms with Crippen molar-refractivity contribution in [1.82, 2.24) is 4.98 Å². The number of aliphatic hydroxyl groups excluding tert-OH is 1. The molecule has 0 aliphatic rings. The number of nitrogen functional groups attached to an aromatic ring is 1. The molecule has 1 heterocycles. The fraction of sp³-hybridized carbons (Fsp3) is 0.125. The molecular formula is C8H8N2OS. The normalized spacial score (nSPS) is 10.8. The zero-order chi connectivity index (χ0) is 8.55. The van der Waals surface area contributed by atoms with Crippen molar-refractivity contribution in [3.8, 4) is 0 Å². The zero-order valence-electron chi connectivity index (χ0n) is 6.32. The second-order valence-corrected chi connectivity index (χ2v) is 3.57. The second kappa shape index (κ2) is 2.73. The molecule has 62 valence electrons. The van der Waals surface area contributed by atoms with E-state index >= 15 is 0 Å². The van der Waals surface area contributed by atoms with Crippen LogP contribution in [0.2, 0.25) is 0 Å². The molecule has 3 nitrogen and oxygen atoms in total. The minimum Gasteiger partial charge on any atom is -0.392 e. The van der Waals surface area contributed by atoms with Crippen molar-refractivity contribution in [1.29, 1.82) is 0 Å². The molecule has 0 fully saturated rings. The fourth-order valence-electron chi connectivity index (χ4n) is 1.09. The van der Waals surface area contributed by atoms with E-state index in [4.69, 9.17) is 10.8 Å². The first kappa shape index (κ1) is 7.52. The van der Waals surface area contributed by atoms with E-state index in [0.29, 0.717) is 5.13 Å². The van der Waals surface area contributed by atoms with Gasteiger partial charge in [0.15, 0.2) is 5.13 Å². The SMILES string of the molecule is Nc1nc2ccc(CO)cc2s1. The van der Waals surface area contributed by atoms with Gasteiger partial charge in [0.1, 0.15) is 0 Å². The fourth-order valence-corrected chi connectivity index (χ4v) is 1.88. The molecule has 12 heavy (non-hydrogen) atoms. The zero-order valence-corrected chi connectivity index (χ0v) is 7.14. The minimum absolute atomic E-state index is 0.0632. The Bertz CT molecular complexity index is 410. The maximum atomic E-state index is 8.86. The summed E-state index contributed by atoms with van der Waals surface area (Å²) in [6, 6.07) is 5.62. The van der Waals surface area contributed by atoms with Crippen LogP contribution >= 0.6 is 11.3 Å². The molecule has 2 rings (SSSR count). The van der Waals surface area contributed by atoms with E-state index in [-0.39, 0.29) is 6.61 Å². The van der Waals surface area contributed by atoms with Crippen molar-refractivity contribution in [2.75, 3.05) is 5.73 Å². The van der Waals surface area contributed by atoms with Crippen molar-refractivity contribution in [3.63, 3.8) is 0 Å². The first-order valence-electron chi connectivity index (χ1n) is 3.55. The van der Waals surface area contributed by atoms with E-state index in [1.165, 1.54) is 11.3 Å². The monoisotopic (exact) mass is 180 g/mol. The number of nitrogens with two attached hydrogens (primary N) is 1. The first-order chi connectivity index (χ1) is 5.79. The van der Waals surface area contributed by atoms with Crippen molar-refractivity contribution in [2.45, 2.75) is 6.61 Å². The summed E-state index contributed by atoms with van der Waals surface area (Å²) < 4.78 is 1.03. The minimum atomic E-state index is 0.0632. The third kappa shape index (κ3) is 1.15. The Morgan fingerprint density at radius 3 is 3.08 bits per heavy atom. The number of fused-ring (bicyclic) bond motifs is 1. The van der Waals surface area contributed by atoms with Crippen LogP contribution in [0.1, 0.15) is 5.56 Å². The van der Waals surface area contributed by atoms with E-state index in [1.54, 1.807) is 0 Å². The molecule has 2 aromatic rings. The van der Waals surface area contributed by atoms with Gasteiger partial charge in [0, 0.05) is 0 Å². The maximum absolute atomic E-state index is 8.86. The highest BCUT2D eigenvalue weighted by Gasteiger charge is 2.00. The third-order valence-electron chi connectivity index (χ3n) is 1.65. The van der Waals surface area contributed by atoms with Gasteiger partial charge in [-0.25, -0.2) is 4.98 Å². The summed E-state index contributed by atoms with van der Waals surface area (Å²) in [7, 11) is 0. The van der Waals surface area contributed by atoms with Crippen LogP contribution in [-0.4, -0.2) is 10.1 Å². The topological polar surface area (TPSA) is 59.1 Å².